The number of hydrogen-bond acceptors (Lipinski definition) is 5. The van der Waals surface area contributed by atoms with E-state index < -0.39 is 11.8 Å². The van der Waals surface area contributed by atoms with Gasteiger partial charge in [-0.3, -0.25) is 19.4 Å². The monoisotopic (exact) mass is 382 g/mol. The highest BCUT2D eigenvalue weighted by Crippen LogP contribution is 2.26. The summed E-state index contributed by atoms with van der Waals surface area (Å²) in [7, 11) is 0. The van der Waals surface area contributed by atoms with E-state index in [9.17, 15) is 14.4 Å². The van der Waals surface area contributed by atoms with E-state index in [2.05, 4.69) is 10.3 Å². The van der Waals surface area contributed by atoms with E-state index in [1.54, 1.807) is 42.7 Å². The van der Waals surface area contributed by atoms with E-state index in [-0.39, 0.29) is 12.5 Å². The number of amides is 3. The predicted octanol–water partition coefficient (Wildman–Crippen LogP) is 1.81. The van der Waals surface area contributed by atoms with Gasteiger partial charge < -0.3 is 19.9 Å². The molecule has 1 aromatic carbocycles. The zero-order valence-corrected chi connectivity index (χ0v) is 15.8. The molecule has 0 radical (unpaired) electrons. The Morgan fingerprint density at radius 2 is 1.93 bits per heavy atom. The van der Waals surface area contributed by atoms with Crippen LogP contribution in [-0.2, 0) is 14.4 Å². The van der Waals surface area contributed by atoms with Gasteiger partial charge in [-0.25, -0.2) is 0 Å². The molecule has 2 heterocycles. The molecule has 0 atom stereocenters. The van der Waals surface area contributed by atoms with Crippen LogP contribution in [0.3, 0.4) is 0 Å². The third-order valence-electron chi connectivity index (χ3n) is 4.43. The Morgan fingerprint density at radius 3 is 2.61 bits per heavy atom. The Bertz CT molecular complexity index is 885. The molecule has 28 heavy (non-hydrogen) atoms. The van der Waals surface area contributed by atoms with Crippen LogP contribution < -0.4 is 10.1 Å². The molecule has 2 aromatic rings. The number of aromatic nitrogens is 1. The molecule has 0 saturated carbocycles. The summed E-state index contributed by atoms with van der Waals surface area (Å²) >= 11 is 0. The number of hydrogen-bond donors (Lipinski definition) is 1. The van der Waals surface area contributed by atoms with Gasteiger partial charge in [0.15, 0.2) is 0 Å². The summed E-state index contributed by atoms with van der Waals surface area (Å²) in [4.78, 5) is 43.1. The number of aryl methyl sites for hydroxylation is 1. The van der Waals surface area contributed by atoms with Crippen molar-refractivity contribution in [2.24, 2.45) is 0 Å². The highest BCUT2D eigenvalue weighted by molar-refractivity contribution is 6.35. The number of anilines is 1. The molecule has 8 heteroatoms. The minimum Gasteiger partial charge on any atom is -0.455 e. The Hall–Kier alpha value is -3.42. The van der Waals surface area contributed by atoms with E-state index >= 15 is 0 Å². The number of piperazine rings is 1. The average Bonchev–Trinajstić information content (AvgIpc) is 2.69. The van der Waals surface area contributed by atoms with Crippen molar-refractivity contribution in [2.75, 3.05) is 31.5 Å². The zero-order valence-electron chi connectivity index (χ0n) is 15.8. The Labute approximate surface area is 163 Å². The maximum atomic E-state index is 12.3. The first-order valence-electron chi connectivity index (χ1n) is 9.04. The maximum Gasteiger partial charge on any atom is 0.312 e. The smallest absolute Gasteiger partial charge is 0.312 e. The molecule has 0 unspecified atom stereocenters. The molecule has 0 spiro atoms. The molecular weight excluding hydrogens is 360 g/mol. The first kappa shape index (κ1) is 19.3. The number of likely N-dealkylation sites (N-methyl/N-ethyl adjacent to an activating group) is 1. The summed E-state index contributed by atoms with van der Waals surface area (Å²) in [6.45, 7) is 4.80. The third-order valence-corrected chi connectivity index (χ3v) is 4.43. The van der Waals surface area contributed by atoms with Gasteiger partial charge in [0.1, 0.15) is 18.0 Å². The fraction of sp³-hybridized carbons (Fsp3) is 0.300. The second-order valence-electron chi connectivity index (χ2n) is 6.43. The fourth-order valence-electron chi connectivity index (χ4n) is 2.92. The van der Waals surface area contributed by atoms with E-state index in [1.165, 1.54) is 9.80 Å². The molecule has 1 aromatic heterocycles. The number of nitrogens with one attached hydrogen (secondary N) is 1. The molecule has 1 fully saturated rings. The lowest BCUT2D eigenvalue weighted by Crippen LogP contribution is -2.55. The Morgan fingerprint density at radius 1 is 1.18 bits per heavy atom. The largest absolute Gasteiger partial charge is 0.455 e. The van der Waals surface area contributed by atoms with Crippen molar-refractivity contribution in [1.29, 1.82) is 0 Å². The average molecular weight is 382 g/mol. The van der Waals surface area contributed by atoms with Gasteiger partial charge in [-0.2, -0.15) is 0 Å². The molecule has 146 valence electrons. The molecular formula is C20H22N4O4. The number of rotatable bonds is 6. The topological polar surface area (TPSA) is 91.8 Å². The minimum absolute atomic E-state index is 0.158. The second kappa shape index (κ2) is 8.51. The number of carbonyl (C=O) groups excluding carboxylic acids is 3. The van der Waals surface area contributed by atoms with Crippen molar-refractivity contribution in [3.8, 4) is 11.5 Å². The molecule has 1 aliphatic heterocycles. The molecule has 1 N–H and O–H groups in total. The molecule has 3 rings (SSSR count). The van der Waals surface area contributed by atoms with Crippen LogP contribution in [0, 0.1) is 6.92 Å². The molecule has 1 saturated heterocycles. The summed E-state index contributed by atoms with van der Waals surface area (Å²) in [6.07, 6.45) is 3.28. The van der Waals surface area contributed by atoms with Crippen LogP contribution >= 0.6 is 0 Å². The third kappa shape index (κ3) is 4.46. The maximum absolute atomic E-state index is 12.3. The minimum atomic E-state index is -0.639. The van der Waals surface area contributed by atoms with Gasteiger partial charge in [-0.1, -0.05) is 0 Å². The Balaban J connectivity index is 1.59. The molecule has 0 aliphatic carbocycles. The SMILES string of the molecule is CCN1CCN(CC(=O)Nc2ccc(Oc3cccnc3)c(C)c2)C(=O)C1=O. The summed E-state index contributed by atoms with van der Waals surface area (Å²) in [5, 5.41) is 2.76. The molecule has 8 nitrogen and oxygen atoms in total. The van der Waals surface area contributed by atoms with Gasteiger partial charge >= 0.3 is 11.8 Å². The highest BCUT2D eigenvalue weighted by atomic mass is 16.5. The van der Waals surface area contributed by atoms with E-state index in [0.717, 1.165) is 5.56 Å². The number of pyridine rings is 1. The number of benzene rings is 1. The van der Waals surface area contributed by atoms with E-state index in [0.29, 0.717) is 36.8 Å². The van der Waals surface area contributed by atoms with Crippen LogP contribution in [0.25, 0.3) is 0 Å². The lowest BCUT2D eigenvalue weighted by Gasteiger charge is -2.32. The normalized spacial score (nSPS) is 14.2. The zero-order chi connectivity index (χ0) is 20.1. The summed E-state index contributed by atoms with van der Waals surface area (Å²) in [5.41, 5.74) is 1.43. The number of ether oxygens (including phenoxy) is 1. The van der Waals surface area contributed by atoms with Gasteiger partial charge in [0, 0.05) is 31.5 Å². The Kier molecular flexibility index (Phi) is 5.88. The fourth-order valence-corrected chi connectivity index (χ4v) is 2.92. The molecule has 3 amide bonds. The van der Waals surface area contributed by atoms with Crippen LogP contribution in [-0.4, -0.2) is 58.7 Å². The van der Waals surface area contributed by atoms with Gasteiger partial charge in [0.25, 0.3) is 0 Å². The van der Waals surface area contributed by atoms with E-state index in [1.807, 2.05) is 13.8 Å². The lowest BCUT2D eigenvalue weighted by molar-refractivity contribution is -0.156. The van der Waals surface area contributed by atoms with Crippen LogP contribution in [0.1, 0.15) is 12.5 Å². The summed E-state index contributed by atoms with van der Waals surface area (Å²) < 4.78 is 5.77. The second-order valence-corrected chi connectivity index (χ2v) is 6.43. The quantitative estimate of drug-likeness (QED) is 0.770. The first-order chi connectivity index (χ1) is 13.5. The summed E-state index contributed by atoms with van der Waals surface area (Å²) in [5.74, 6) is -0.278. The van der Waals surface area contributed by atoms with Crippen molar-refractivity contribution in [2.45, 2.75) is 13.8 Å². The highest BCUT2D eigenvalue weighted by Gasteiger charge is 2.32. The van der Waals surface area contributed by atoms with Crippen LogP contribution in [0.4, 0.5) is 5.69 Å². The van der Waals surface area contributed by atoms with Crippen molar-refractivity contribution >= 4 is 23.4 Å². The van der Waals surface area contributed by atoms with Crippen LogP contribution in [0.5, 0.6) is 11.5 Å². The lowest BCUT2D eigenvalue weighted by atomic mass is 10.2. The number of carbonyl (C=O) groups is 3. The van der Waals surface area contributed by atoms with Crippen molar-refractivity contribution in [1.82, 2.24) is 14.8 Å². The standard InChI is InChI=1S/C20H22N4O4/c1-3-23-9-10-24(20(27)19(23)26)13-18(25)22-15-6-7-17(14(2)11-15)28-16-5-4-8-21-12-16/h4-8,11-12H,3,9-10,13H2,1-2H3,(H,22,25). The van der Waals surface area contributed by atoms with Gasteiger partial charge in [0.2, 0.25) is 5.91 Å². The van der Waals surface area contributed by atoms with Crippen molar-refractivity contribution in [3.05, 3.63) is 48.3 Å². The predicted molar refractivity (Wildman–Crippen MR) is 103 cm³/mol. The number of nitrogens with zero attached hydrogens (tertiary/aromatic N) is 3. The molecule has 1 aliphatic rings. The van der Waals surface area contributed by atoms with Crippen molar-refractivity contribution < 1.29 is 19.1 Å². The van der Waals surface area contributed by atoms with Crippen LogP contribution in [0.2, 0.25) is 0 Å². The summed E-state index contributed by atoms with van der Waals surface area (Å²) in [6, 6.07) is 8.85. The van der Waals surface area contributed by atoms with Crippen molar-refractivity contribution in [3.63, 3.8) is 0 Å². The first-order valence-corrected chi connectivity index (χ1v) is 9.04. The van der Waals surface area contributed by atoms with Gasteiger partial charge in [-0.15, -0.1) is 0 Å². The molecule has 0 bridgehead atoms. The van der Waals surface area contributed by atoms with E-state index in [4.69, 9.17) is 4.74 Å². The van der Waals surface area contributed by atoms with Gasteiger partial charge in [-0.05, 0) is 49.7 Å². The van der Waals surface area contributed by atoms with Crippen LogP contribution in [0.15, 0.2) is 42.7 Å². The van der Waals surface area contributed by atoms with Gasteiger partial charge in [0.05, 0.1) is 6.20 Å².